The minimum atomic E-state index is -0.143. The van der Waals surface area contributed by atoms with Crippen molar-refractivity contribution >= 4 is 28.3 Å². The average Bonchev–Trinajstić information content (AvgIpc) is 2.95. The van der Waals surface area contributed by atoms with Gasteiger partial charge in [-0.2, -0.15) is 0 Å². The van der Waals surface area contributed by atoms with Crippen molar-refractivity contribution in [3.63, 3.8) is 0 Å². The summed E-state index contributed by atoms with van der Waals surface area (Å²) in [5.41, 5.74) is 4.05. The first-order chi connectivity index (χ1) is 11.2. The number of aryl methyl sites for hydroxylation is 1. The topological polar surface area (TPSA) is 62.0 Å². The Morgan fingerprint density at radius 3 is 2.70 bits per heavy atom. The van der Waals surface area contributed by atoms with Gasteiger partial charge in [0.1, 0.15) is 0 Å². The number of nitrogens with one attached hydrogen (secondary N) is 2. The standard InChI is InChI=1S/C19H16N2O2/c22-17-8-4-7-14-15-11-12(9-10-16(15)21-18(14)17)19(23)20-13-5-2-1-3-6-13/h1-3,5-6,9-11,21H,4,7-8H2,(H,20,23). The summed E-state index contributed by atoms with van der Waals surface area (Å²) in [6.45, 7) is 0. The van der Waals surface area contributed by atoms with Gasteiger partial charge < -0.3 is 10.3 Å². The van der Waals surface area contributed by atoms with Gasteiger partial charge in [-0.05, 0) is 48.7 Å². The van der Waals surface area contributed by atoms with Gasteiger partial charge in [0.05, 0.1) is 5.69 Å². The highest BCUT2D eigenvalue weighted by molar-refractivity contribution is 6.08. The molecule has 0 saturated heterocycles. The quantitative estimate of drug-likeness (QED) is 0.753. The number of anilines is 1. The number of carbonyl (C=O) groups is 2. The molecular formula is C19H16N2O2. The monoisotopic (exact) mass is 304 g/mol. The summed E-state index contributed by atoms with van der Waals surface area (Å²) in [5, 5.41) is 3.87. The van der Waals surface area contributed by atoms with Crippen LogP contribution in [0.3, 0.4) is 0 Å². The Hall–Kier alpha value is -2.88. The predicted octanol–water partition coefficient (Wildman–Crippen LogP) is 3.94. The van der Waals surface area contributed by atoms with E-state index in [4.69, 9.17) is 0 Å². The van der Waals surface area contributed by atoms with Crippen molar-refractivity contribution < 1.29 is 9.59 Å². The van der Waals surface area contributed by atoms with Gasteiger partial charge in [-0.1, -0.05) is 18.2 Å². The molecule has 0 radical (unpaired) electrons. The molecule has 0 spiro atoms. The van der Waals surface area contributed by atoms with E-state index in [1.165, 1.54) is 0 Å². The largest absolute Gasteiger partial charge is 0.352 e. The highest BCUT2D eigenvalue weighted by Gasteiger charge is 2.22. The lowest BCUT2D eigenvalue weighted by molar-refractivity contribution is 0.0967. The van der Waals surface area contributed by atoms with Gasteiger partial charge in [0.2, 0.25) is 0 Å². The molecule has 1 heterocycles. The Bertz CT molecular complexity index is 910. The molecule has 1 aliphatic rings. The van der Waals surface area contributed by atoms with E-state index in [1.54, 1.807) is 6.07 Å². The van der Waals surface area contributed by atoms with Crippen molar-refractivity contribution in [3.8, 4) is 0 Å². The molecule has 0 aliphatic heterocycles. The van der Waals surface area contributed by atoms with E-state index in [1.807, 2.05) is 42.5 Å². The third-order valence-corrected chi connectivity index (χ3v) is 4.31. The predicted molar refractivity (Wildman–Crippen MR) is 90.0 cm³/mol. The van der Waals surface area contributed by atoms with Crippen molar-refractivity contribution in [2.75, 3.05) is 5.32 Å². The molecule has 1 amide bonds. The van der Waals surface area contributed by atoms with E-state index in [0.29, 0.717) is 17.7 Å². The van der Waals surface area contributed by atoms with Crippen molar-refractivity contribution in [3.05, 3.63) is 65.4 Å². The van der Waals surface area contributed by atoms with Crippen molar-refractivity contribution in [2.24, 2.45) is 0 Å². The summed E-state index contributed by atoms with van der Waals surface area (Å²) in [5.74, 6) is 0.0212. The Labute approximate surface area is 133 Å². The molecule has 0 unspecified atom stereocenters. The van der Waals surface area contributed by atoms with E-state index in [-0.39, 0.29) is 11.7 Å². The van der Waals surface area contributed by atoms with Crippen LogP contribution in [-0.4, -0.2) is 16.7 Å². The third kappa shape index (κ3) is 2.42. The number of aromatic nitrogens is 1. The molecule has 114 valence electrons. The molecule has 2 N–H and O–H groups in total. The number of fused-ring (bicyclic) bond motifs is 3. The molecule has 4 heteroatoms. The van der Waals surface area contributed by atoms with Crippen LogP contribution in [0.2, 0.25) is 0 Å². The fourth-order valence-corrected chi connectivity index (χ4v) is 3.16. The van der Waals surface area contributed by atoms with Crippen molar-refractivity contribution in [1.82, 2.24) is 4.98 Å². The SMILES string of the molecule is O=C(Nc1ccccc1)c1ccc2[nH]c3c(c2c1)CCCC3=O. The highest BCUT2D eigenvalue weighted by Crippen LogP contribution is 2.29. The van der Waals surface area contributed by atoms with E-state index in [0.717, 1.165) is 35.0 Å². The maximum atomic E-state index is 12.4. The Kier molecular flexibility index (Phi) is 3.23. The summed E-state index contributed by atoms with van der Waals surface area (Å²) >= 11 is 0. The van der Waals surface area contributed by atoms with Crippen LogP contribution in [0.1, 0.15) is 39.3 Å². The van der Waals surface area contributed by atoms with E-state index >= 15 is 0 Å². The van der Waals surface area contributed by atoms with Crippen LogP contribution in [0.25, 0.3) is 10.9 Å². The zero-order valence-electron chi connectivity index (χ0n) is 12.6. The van der Waals surface area contributed by atoms with Crippen LogP contribution < -0.4 is 5.32 Å². The van der Waals surface area contributed by atoms with Gasteiger partial charge in [-0.3, -0.25) is 9.59 Å². The molecule has 2 aromatic carbocycles. The molecule has 0 bridgehead atoms. The lowest BCUT2D eigenvalue weighted by Crippen LogP contribution is -2.11. The van der Waals surface area contributed by atoms with Crippen LogP contribution in [-0.2, 0) is 6.42 Å². The first kappa shape index (κ1) is 13.8. The molecule has 0 fully saturated rings. The fraction of sp³-hybridized carbons (Fsp3) is 0.158. The lowest BCUT2D eigenvalue weighted by Gasteiger charge is -2.10. The van der Waals surface area contributed by atoms with Crippen LogP contribution >= 0.6 is 0 Å². The van der Waals surface area contributed by atoms with Crippen LogP contribution in [0.15, 0.2) is 48.5 Å². The van der Waals surface area contributed by atoms with Gasteiger partial charge in [0.15, 0.2) is 5.78 Å². The summed E-state index contributed by atoms with van der Waals surface area (Å²) in [6.07, 6.45) is 2.35. The average molecular weight is 304 g/mol. The second-order valence-electron chi connectivity index (χ2n) is 5.84. The maximum Gasteiger partial charge on any atom is 0.255 e. The van der Waals surface area contributed by atoms with Crippen molar-refractivity contribution in [2.45, 2.75) is 19.3 Å². The number of hydrogen-bond acceptors (Lipinski definition) is 2. The van der Waals surface area contributed by atoms with Crippen molar-refractivity contribution in [1.29, 1.82) is 0 Å². The summed E-state index contributed by atoms with van der Waals surface area (Å²) in [4.78, 5) is 27.6. The minimum Gasteiger partial charge on any atom is -0.352 e. The molecule has 1 aliphatic carbocycles. The number of hydrogen-bond donors (Lipinski definition) is 2. The number of aromatic amines is 1. The van der Waals surface area contributed by atoms with E-state index < -0.39 is 0 Å². The normalized spacial score (nSPS) is 13.8. The van der Waals surface area contributed by atoms with E-state index in [9.17, 15) is 9.59 Å². The first-order valence-electron chi connectivity index (χ1n) is 7.76. The molecule has 0 saturated carbocycles. The van der Waals surface area contributed by atoms with Gasteiger partial charge in [0, 0.05) is 28.6 Å². The summed E-state index contributed by atoms with van der Waals surface area (Å²) < 4.78 is 0. The number of ketones is 1. The number of Topliss-reactive ketones (excluding diaryl/α,β-unsaturated/α-hetero) is 1. The molecule has 4 rings (SSSR count). The number of amides is 1. The highest BCUT2D eigenvalue weighted by atomic mass is 16.1. The van der Waals surface area contributed by atoms with Gasteiger partial charge in [-0.15, -0.1) is 0 Å². The van der Waals surface area contributed by atoms with E-state index in [2.05, 4.69) is 10.3 Å². The maximum absolute atomic E-state index is 12.4. The van der Waals surface area contributed by atoms with Crippen LogP contribution in [0.4, 0.5) is 5.69 Å². The second-order valence-corrected chi connectivity index (χ2v) is 5.84. The van der Waals surface area contributed by atoms with Crippen LogP contribution in [0, 0.1) is 0 Å². The Balaban J connectivity index is 1.71. The number of carbonyl (C=O) groups excluding carboxylic acids is 2. The zero-order valence-corrected chi connectivity index (χ0v) is 12.6. The summed E-state index contributed by atoms with van der Waals surface area (Å²) in [6, 6.07) is 14.9. The van der Waals surface area contributed by atoms with Gasteiger partial charge in [0.25, 0.3) is 5.91 Å². The third-order valence-electron chi connectivity index (χ3n) is 4.31. The summed E-state index contributed by atoms with van der Waals surface area (Å²) in [7, 11) is 0. The molecule has 23 heavy (non-hydrogen) atoms. The first-order valence-corrected chi connectivity index (χ1v) is 7.76. The Morgan fingerprint density at radius 2 is 1.87 bits per heavy atom. The van der Waals surface area contributed by atoms with Gasteiger partial charge in [-0.25, -0.2) is 0 Å². The number of para-hydroxylation sites is 1. The number of rotatable bonds is 2. The van der Waals surface area contributed by atoms with Crippen LogP contribution in [0.5, 0.6) is 0 Å². The van der Waals surface area contributed by atoms with Gasteiger partial charge >= 0.3 is 0 Å². The fourth-order valence-electron chi connectivity index (χ4n) is 3.16. The molecule has 3 aromatic rings. The zero-order chi connectivity index (χ0) is 15.8. The lowest BCUT2D eigenvalue weighted by atomic mass is 9.94. The Morgan fingerprint density at radius 1 is 1.04 bits per heavy atom. The molecule has 0 atom stereocenters. The number of benzene rings is 2. The smallest absolute Gasteiger partial charge is 0.255 e. The second kappa shape index (κ2) is 5.39. The molecular weight excluding hydrogens is 288 g/mol. The molecule has 1 aromatic heterocycles. The molecule has 4 nitrogen and oxygen atoms in total. The minimum absolute atomic E-state index is 0.143. The number of H-pyrrole nitrogens is 1.